The van der Waals surface area contributed by atoms with Crippen molar-refractivity contribution >= 4 is 5.91 Å². The Morgan fingerprint density at radius 3 is 2.33 bits per heavy atom. The molecule has 0 aliphatic heterocycles. The first-order chi connectivity index (χ1) is 5.57. The Hall–Kier alpha value is -1.00. The van der Waals surface area contributed by atoms with Crippen LogP contribution >= 0.6 is 0 Å². The van der Waals surface area contributed by atoms with E-state index in [1.54, 1.807) is 6.92 Å². The molecule has 0 aliphatic rings. The van der Waals surface area contributed by atoms with Crippen LogP contribution < -0.4 is 5.32 Å². The van der Waals surface area contributed by atoms with Gasteiger partial charge in [-0.3, -0.25) is 4.79 Å². The fourth-order valence-corrected chi connectivity index (χ4v) is 0.531. The minimum absolute atomic E-state index is 0.0875. The summed E-state index contributed by atoms with van der Waals surface area (Å²) in [6, 6.07) is 0. The van der Waals surface area contributed by atoms with Crippen molar-refractivity contribution in [2.75, 3.05) is 6.54 Å². The van der Waals surface area contributed by atoms with Crippen LogP contribution in [0.5, 0.6) is 0 Å². The summed E-state index contributed by atoms with van der Waals surface area (Å²) in [5.74, 6) is -1.74. The second-order valence-corrected chi connectivity index (χ2v) is 2.12. The van der Waals surface area contributed by atoms with Crippen molar-refractivity contribution in [2.24, 2.45) is 0 Å². The lowest BCUT2D eigenvalue weighted by Gasteiger charge is -2.00. The SMILES string of the molecule is CCC(=O)NCCC(F)=C(F)F. The van der Waals surface area contributed by atoms with Crippen molar-refractivity contribution in [2.45, 2.75) is 19.8 Å². The minimum atomic E-state index is -2.32. The van der Waals surface area contributed by atoms with Gasteiger partial charge < -0.3 is 5.32 Å². The van der Waals surface area contributed by atoms with E-state index in [0.717, 1.165) is 0 Å². The fourth-order valence-electron chi connectivity index (χ4n) is 0.531. The Labute approximate surface area is 68.4 Å². The lowest BCUT2D eigenvalue weighted by molar-refractivity contribution is -0.120. The summed E-state index contributed by atoms with van der Waals surface area (Å²) < 4.78 is 34.9. The highest BCUT2D eigenvalue weighted by molar-refractivity contribution is 5.75. The zero-order chi connectivity index (χ0) is 9.56. The molecule has 1 amide bonds. The van der Waals surface area contributed by atoms with Crippen LogP contribution in [0.4, 0.5) is 13.2 Å². The normalized spacial score (nSPS) is 9.33. The van der Waals surface area contributed by atoms with E-state index in [1.807, 2.05) is 0 Å². The van der Waals surface area contributed by atoms with Gasteiger partial charge in [-0.15, -0.1) is 0 Å². The average molecular weight is 181 g/mol. The van der Waals surface area contributed by atoms with Gasteiger partial charge in [0.05, 0.1) is 0 Å². The molecule has 0 aromatic heterocycles. The van der Waals surface area contributed by atoms with Crippen LogP contribution in [0, 0.1) is 0 Å². The van der Waals surface area contributed by atoms with Gasteiger partial charge in [0.25, 0.3) is 0 Å². The Morgan fingerprint density at radius 1 is 1.33 bits per heavy atom. The molecule has 0 aliphatic carbocycles. The summed E-state index contributed by atoms with van der Waals surface area (Å²) in [6.45, 7) is 1.53. The molecule has 0 bridgehead atoms. The van der Waals surface area contributed by atoms with Crippen molar-refractivity contribution in [3.05, 3.63) is 11.9 Å². The van der Waals surface area contributed by atoms with Crippen molar-refractivity contribution in [1.29, 1.82) is 0 Å². The monoisotopic (exact) mass is 181 g/mol. The summed E-state index contributed by atoms with van der Waals surface area (Å²) in [7, 11) is 0. The number of amides is 1. The molecule has 0 aromatic rings. The topological polar surface area (TPSA) is 29.1 Å². The molecule has 0 radical (unpaired) electrons. The molecule has 0 heterocycles. The molecule has 5 heteroatoms. The standard InChI is InChI=1S/C7H10F3NO/c1-2-6(12)11-4-3-5(8)7(9)10/h2-4H2,1H3,(H,11,12). The van der Waals surface area contributed by atoms with Crippen LogP contribution in [0.2, 0.25) is 0 Å². The minimum Gasteiger partial charge on any atom is -0.356 e. The van der Waals surface area contributed by atoms with Crippen LogP contribution in [-0.4, -0.2) is 12.5 Å². The van der Waals surface area contributed by atoms with E-state index in [4.69, 9.17) is 0 Å². The molecule has 0 fully saturated rings. The summed E-state index contributed by atoms with van der Waals surface area (Å²) >= 11 is 0. The first-order valence-electron chi connectivity index (χ1n) is 3.54. The van der Waals surface area contributed by atoms with E-state index in [-0.39, 0.29) is 18.9 Å². The lowest BCUT2D eigenvalue weighted by Crippen LogP contribution is -2.23. The third-order valence-corrected chi connectivity index (χ3v) is 1.19. The maximum atomic E-state index is 12.1. The van der Waals surface area contributed by atoms with Crippen LogP contribution in [0.3, 0.4) is 0 Å². The number of rotatable bonds is 4. The van der Waals surface area contributed by atoms with Gasteiger partial charge in [0, 0.05) is 19.4 Å². The largest absolute Gasteiger partial charge is 0.356 e. The van der Waals surface area contributed by atoms with Gasteiger partial charge in [0.15, 0.2) is 5.83 Å². The number of hydrogen-bond donors (Lipinski definition) is 1. The summed E-state index contributed by atoms with van der Waals surface area (Å²) in [6.07, 6.45) is -2.50. The zero-order valence-corrected chi connectivity index (χ0v) is 6.66. The third-order valence-electron chi connectivity index (χ3n) is 1.19. The molecule has 0 saturated heterocycles. The van der Waals surface area contributed by atoms with E-state index in [0.29, 0.717) is 0 Å². The predicted octanol–water partition coefficient (Wildman–Crippen LogP) is 1.98. The predicted molar refractivity (Wildman–Crippen MR) is 38.3 cm³/mol. The molecule has 0 atom stereocenters. The Bertz CT molecular complexity index is 187. The molecular formula is C7H10F3NO. The highest BCUT2D eigenvalue weighted by Gasteiger charge is 2.04. The van der Waals surface area contributed by atoms with Gasteiger partial charge in [-0.1, -0.05) is 6.92 Å². The molecule has 0 unspecified atom stereocenters. The van der Waals surface area contributed by atoms with Gasteiger partial charge in [-0.25, -0.2) is 4.39 Å². The molecule has 0 aromatic carbocycles. The van der Waals surface area contributed by atoms with E-state index in [2.05, 4.69) is 5.32 Å². The van der Waals surface area contributed by atoms with E-state index < -0.39 is 18.3 Å². The Balaban J connectivity index is 3.58. The lowest BCUT2D eigenvalue weighted by atomic mass is 10.3. The first kappa shape index (κ1) is 11.0. The molecular weight excluding hydrogens is 171 g/mol. The van der Waals surface area contributed by atoms with Gasteiger partial charge in [-0.05, 0) is 0 Å². The van der Waals surface area contributed by atoms with Crippen LogP contribution in [0.15, 0.2) is 11.9 Å². The van der Waals surface area contributed by atoms with Gasteiger partial charge in [-0.2, -0.15) is 8.78 Å². The summed E-state index contributed by atoms with van der Waals surface area (Å²) in [5, 5.41) is 2.27. The molecule has 1 N–H and O–H groups in total. The molecule has 0 saturated carbocycles. The summed E-state index contributed by atoms with van der Waals surface area (Å²) in [5.41, 5.74) is 0. The van der Waals surface area contributed by atoms with Crippen molar-refractivity contribution in [1.82, 2.24) is 5.32 Å². The molecule has 70 valence electrons. The van der Waals surface area contributed by atoms with Crippen LogP contribution in [-0.2, 0) is 4.79 Å². The number of nitrogens with one attached hydrogen (secondary N) is 1. The molecule has 12 heavy (non-hydrogen) atoms. The smallest absolute Gasteiger partial charge is 0.301 e. The number of hydrogen-bond acceptors (Lipinski definition) is 1. The molecule has 2 nitrogen and oxygen atoms in total. The van der Waals surface area contributed by atoms with Gasteiger partial charge in [0.1, 0.15) is 0 Å². The van der Waals surface area contributed by atoms with Crippen LogP contribution in [0.1, 0.15) is 19.8 Å². The number of carbonyl (C=O) groups excluding carboxylic acids is 1. The quantitative estimate of drug-likeness (QED) is 0.705. The number of carbonyl (C=O) groups is 1. The zero-order valence-electron chi connectivity index (χ0n) is 6.66. The average Bonchev–Trinajstić information content (AvgIpc) is 2.03. The van der Waals surface area contributed by atoms with E-state index >= 15 is 0 Å². The molecule has 0 rings (SSSR count). The second kappa shape index (κ2) is 5.62. The first-order valence-corrected chi connectivity index (χ1v) is 3.54. The fraction of sp³-hybridized carbons (Fsp3) is 0.571. The van der Waals surface area contributed by atoms with E-state index in [1.165, 1.54) is 0 Å². The second-order valence-electron chi connectivity index (χ2n) is 2.12. The van der Waals surface area contributed by atoms with Gasteiger partial charge >= 0.3 is 6.08 Å². The maximum Gasteiger partial charge on any atom is 0.301 e. The maximum absolute atomic E-state index is 12.1. The van der Waals surface area contributed by atoms with Crippen molar-refractivity contribution in [3.63, 3.8) is 0 Å². The Morgan fingerprint density at radius 2 is 1.92 bits per heavy atom. The Kier molecular flexibility index (Phi) is 5.16. The van der Waals surface area contributed by atoms with Gasteiger partial charge in [0.2, 0.25) is 5.91 Å². The third kappa shape index (κ3) is 4.76. The summed E-state index contributed by atoms with van der Waals surface area (Å²) in [4.78, 5) is 10.5. The van der Waals surface area contributed by atoms with Crippen molar-refractivity contribution in [3.8, 4) is 0 Å². The number of halogens is 3. The highest BCUT2D eigenvalue weighted by atomic mass is 19.3. The van der Waals surface area contributed by atoms with E-state index in [9.17, 15) is 18.0 Å². The molecule has 0 spiro atoms. The van der Waals surface area contributed by atoms with Crippen LogP contribution in [0.25, 0.3) is 0 Å². The highest BCUT2D eigenvalue weighted by Crippen LogP contribution is 2.11. The van der Waals surface area contributed by atoms with Crippen molar-refractivity contribution < 1.29 is 18.0 Å².